The minimum Gasteiger partial charge on any atom is -0.445 e. The maximum absolute atomic E-state index is 11.7. The quantitative estimate of drug-likeness (QED) is 0.750. The highest BCUT2D eigenvalue weighted by Crippen LogP contribution is 2.34. The van der Waals surface area contributed by atoms with Crippen LogP contribution in [0.25, 0.3) is 0 Å². The number of rotatable bonds is 7. The van der Waals surface area contributed by atoms with Crippen LogP contribution in [0.5, 0.6) is 10.8 Å². The van der Waals surface area contributed by atoms with Gasteiger partial charge in [-0.15, -0.1) is 0 Å². The number of carbonyl (C=O) groups is 1. The lowest BCUT2D eigenvalue weighted by molar-refractivity contribution is -0.118. The van der Waals surface area contributed by atoms with Gasteiger partial charge in [0, 0.05) is 12.1 Å². The lowest BCUT2D eigenvalue weighted by atomic mass is 10.3. The number of amides is 1. The van der Waals surface area contributed by atoms with Gasteiger partial charge in [0.05, 0.1) is 5.69 Å². The molecule has 24 heavy (non-hydrogen) atoms. The molecule has 130 valence electrons. The topological polar surface area (TPSA) is 107 Å². The third-order valence-corrected chi connectivity index (χ3v) is 4.72. The van der Waals surface area contributed by atoms with Gasteiger partial charge in [-0.1, -0.05) is 29.0 Å². The normalized spacial score (nSPS) is 11.3. The van der Waals surface area contributed by atoms with Crippen molar-refractivity contribution in [1.82, 2.24) is 9.71 Å². The number of carbonyl (C=O) groups excluding carboxylic acids is 1. The van der Waals surface area contributed by atoms with Gasteiger partial charge < -0.3 is 4.74 Å². The molecular formula is C13H14ClN3O5S2. The second-order valence-electron chi connectivity index (χ2n) is 4.42. The summed E-state index contributed by atoms with van der Waals surface area (Å²) in [6, 6.07) is 6.85. The van der Waals surface area contributed by atoms with Crippen molar-refractivity contribution in [2.75, 3.05) is 19.0 Å². The number of aromatic nitrogens is 1. The number of thiazole rings is 1. The summed E-state index contributed by atoms with van der Waals surface area (Å²) >= 11 is 6.99. The Labute approximate surface area is 148 Å². The number of halogens is 1. The van der Waals surface area contributed by atoms with Gasteiger partial charge in [0.1, 0.15) is 12.4 Å². The van der Waals surface area contributed by atoms with Crippen molar-refractivity contribution >= 4 is 44.3 Å². The molecule has 0 radical (unpaired) electrons. The summed E-state index contributed by atoms with van der Waals surface area (Å²) in [6.07, 6.45) is 0. The minimum atomic E-state index is -3.92. The fourth-order valence-electron chi connectivity index (χ4n) is 1.51. The average Bonchev–Trinajstić information content (AvgIpc) is 2.85. The van der Waals surface area contributed by atoms with Crippen molar-refractivity contribution in [3.05, 3.63) is 35.0 Å². The molecule has 0 unspecified atom stereocenters. The maximum atomic E-state index is 11.7. The van der Waals surface area contributed by atoms with Crippen LogP contribution in [0, 0.1) is 6.92 Å². The zero-order chi connectivity index (χ0) is 17.7. The Balaban J connectivity index is 1.99. The number of nitrogens with zero attached hydrogens (tertiary/aromatic N) is 1. The van der Waals surface area contributed by atoms with Crippen molar-refractivity contribution in [2.24, 2.45) is 0 Å². The van der Waals surface area contributed by atoms with Gasteiger partial charge in [0.2, 0.25) is 5.06 Å². The highest BCUT2D eigenvalue weighted by molar-refractivity contribution is 7.84. The van der Waals surface area contributed by atoms with Gasteiger partial charge in [-0.2, -0.15) is 13.1 Å². The molecule has 0 saturated heterocycles. The van der Waals surface area contributed by atoms with Crippen molar-refractivity contribution < 1.29 is 22.1 Å². The van der Waals surface area contributed by atoms with E-state index >= 15 is 0 Å². The molecule has 0 saturated carbocycles. The number of hydrogen-bond acceptors (Lipinski definition) is 7. The second kappa shape index (κ2) is 7.90. The van der Waals surface area contributed by atoms with Gasteiger partial charge in [0.25, 0.3) is 5.91 Å². The summed E-state index contributed by atoms with van der Waals surface area (Å²) in [7, 11) is -2.74. The Morgan fingerprint density at radius 1 is 1.42 bits per heavy atom. The van der Waals surface area contributed by atoms with E-state index in [-0.39, 0.29) is 5.13 Å². The lowest BCUT2D eigenvalue weighted by Crippen LogP contribution is -2.27. The maximum Gasteiger partial charge on any atom is 0.336 e. The van der Waals surface area contributed by atoms with Crippen molar-refractivity contribution in [3.63, 3.8) is 0 Å². The predicted molar refractivity (Wildman–Crippen MR) is 90.9 cm³/mol. The number of ether oxygens (including phenoxy) is 1. The molecule has 1 aromatic heterocycles. The molecule has 0 spiro atoms. The van der Waals surface area contributed by atoms with E-state index in [4.69, 9.17) is 16.3 Å². The molecule has 1 amide bonds. The number of benzene rings is 1. The molecule has 0 atom stereocenters. The predicted octanol–water partition coefficient (Wildman–Crippen LogP) is 2.32. The summed E-state index contributed by atoms with van der Waals surface area (Å²) in [5, 5.41) is 3.72. The molecule has 0 aliphatic rings. The molecule has 0 fully saturated rings. The lowest BCUT2D eigenvalue weighted by Gasteiger charge is -2.03. The first kappa shape index (κ1) is 18.6. The van der Waals surface area contributed by atoms with E-state index in [9.17, 15) is 13.2 Å². The summed E-state index contributed by atoms with van der Waals surface area (Å²) in [5.41, 5.74) is 0.569. The van der Waals surface area contributed by atoms with Crippen LogP contribution in [-0.2, 0) is 19.3 Å². The fourth-order valence-corrected chi connectivity index (χ4v) is 2.93. The Morgan fingerprint density at radius 3 is 2.83 bits per heavy atom. The van der Waals surface area contributed by atoms with E-state index in [0.717, 1.165) is 11.3 Å². The zero-order valence-corrected chi connectivity index (χ0v) is 15.1. The first-order valence-electron chi connectivity index (χ1n) is 6.57. The molecule has 0 aliphatic heterocycles. The minimum absolute atomic E-state index is 0.264. The van der Waals surface area contributed by atoms with Gasteiger partial charge >= 0.3 is 10.3 Å². The molecule has 11 heteroatoms. The van der Waals surface area contributed by atoms with Crippen LogP contribution in [0.15, 0.2) is 24.3 Å². The zero-order valence-electron chi connectivity index (χ0n) is 12.7. The number of aryl methyl sites for hydroxylation is 1. The van der Waals surface area contributed by atoms with Crippen LogP contribution in [0.1, 0.15) is 5.69 Å². The van der Waals surface area contributed by atoms with E-state index in [1.165, 1.54) is 7.05 Å². The molecule has 8 nitrogen and oxygen atoms in total. The first-order valence-corrected chi connectivity index (χ1v) is 9.18. The van der Waals surface area contributed by atoms with Crippen LogP contribution in [-0.4, -0.2) is 33.0 Å². The van der Waals surface area contributed by atoms with Gasteiger partial charge in [-0.3, -0.25) is 10.1 Å². The second-order valence-corrected chi connectivity index (χ2v) is 7.37. The van der Waals surface area contributed by atoms with Crippen LogP contribution >= 0.6 is 22.9 Å². The Morgan fingerprint density at radius 2 is 2.17 bits per heavy atom. The van der Waals surface area contributed by atoms with E-state index < -0.39 is 22.8 Å². The monoisotopic (exact) mass is 391 g/mol. The van der Waals surface area contributed by atoms with Crippen molar-refractivity contribution in [1.29, 1.82) is 0 Å². The first-order chi connectivity index (χ1) is 11.3. The summed E-state index contributed by atoms with van der Waals surface area (Å²) < 4.78 is 34.2. The van der Waals surface area contributed by atoms with Gasteiger partial charge in [-0.25, -0.2) is 9.17 Å². The van der Waals surface area contributed by atoms with E-state index in [0.29, 0.717) is 21.5 Å². The highest BCUT2D eigenvalue weighted by Gasteiger charge is 2.15. The van der Waals surface area contributed by atoms with Crippen LogP contribution < -0.4 is 14.8 Å². The molecule has 2 aromatic rings. The SMILES string of the molecule is CNS(=O)(=O)OCC(=O)Nc1nc(C)c(Oc2cccc(Cl)c2)s1. The molecule has 2 N–H and O–H groups in total. The molecule has 1 aromatic carbocycles. The van der Waals surface area contributed by atoms with Gasteiger partial charge in [0.15, 0.2) is 5.13 Å². The van der Waals surface area contributed by atoms with E-state index in [1.54, 1.807) is 31.2 Å². The standard InChI is InChI=1S/C13H14ClN3O5S2/c1-8-12(22-10-5-3-4-9(14)6-10)23-13(16-8)17-11(18)7-21-24(19,20)15-2/h3-6,15H,7H2,1-2H3,(H,16,17,18). The van der Waals surface area contributed by atoms with Crippen molar-refractivity contribution in [2.45, 2.75) is 6.92 Å². The summed E-state index contributed by atoms with van der Waals surface area (Å²) in [6.45, 7) is 1.06. The number of hydrogen-bond donors (Lipinski definition) is 2. The van der Waals surface area contributed by atoms with Crippen LogP contribution in [0.2, 0.25) is 5.02 Å². The average molecular weight is 392 g/mol. The molecular weight excluding hydrogens is 378 g/mol. The number of anilines is 1. The Bertz CT molecular complexity index is 838. The molecule has 0 aliphatic carbocycles. The smallest absolute Gasteiger partial charge is 0.336 e. The summed E-state index contributed by atoms with van der Waals surface area (Å²) in [5.74, 6) is -0.118. The van der Waals surface area contributed by atoms with Gasteiger partial charge in [-0.05, 0) is 25.1 Å². The van der Waals surface area contributed by atoms with E-state index in [2.05, 4.69) is 14.5 Å². The largest absolute Gasteiger partial charge is 0.445 e. The Hall–Kier alpha value is -1.72. The molecule has 0 bridgehead atoms. The summed E-state index contributed by atoms with van der Waals surface area (Å²) in [4.78, 5) is 15.8. The van der Waals surface area contributed by atoms with E-state index in [1.807, 2.05) is 4.72 Å². The third-order valence-electron chi connectivity index (χ3n) is 2.60. The van der Waals surface area contributed by atoms with Crippen LogP contribution in [0.3, 0.4) is 0 Å². The Kier molecular flexibility index (Phi) is 6.13. The van der Waals surface area contributed by atoms with Crippen LogP contribution in [0.4, 0.5) is 5.13 Å². The highest BCUT2D eigenvalue weighted by atomic mass is 35.5. The fraction of sp³-hybridized carbons (Fsp3) is 0.231. The molecule has 2 rings (SSSR count). The molecule has 1 heterocycles. The third kappa shape index (κ3) is 5.42. The van der Waals surface area contributed by atoms with Crippen molar-refractivity contribution in [3.8, 4) is 10.8 Å². The number of nitrogens with one attached hydrogen (secondary N) is 2.